The lowest BCUT2D eigenvalue weighted by Gasteiger charge is -2.09. The van der Waals surface area contributed by atoms with Crippen molar-refractivity contribution < 1.29 is 9.13 Å². The normalized spacial score (nSPS) is 10.3. The first kappa shape index (κ1) is 11.9. The van der Waals surface area contributed by atoms with E-state index in [9.17, 15) is 4.39 Å². The number of benzene rings is 2. The van der Waals surface area contributed by atoms with Crippen molar-refractivity contribution in [2.75, 3.05) is 0 Å². The van der Waals surface area contributed by atoms with Crippen LogP contribution in [0.25, 0.3) is 0 Å². The van der Waals surface area contributed by atoms with Crippen LogP contribution in [0, 0.1) is 12.7 Å². The number of aryl methyl sites for hydroxylation is 1. The van der Waals surface area contributed by atoms with Crippen molar-refractivity contribution in [1.29, 1.82) is 0 Å². The van der Waals surface area contributed by atoms with Gasteiger partial charge in [-0.2, -0.15) is 0 Å². The fraction of sp³-hybridized carbons (Fsp3) is 0.143. The maximum absolute atomic E-state index is 13.7. The molecule has 2 aromatic carbocycles. The Kier molecular flexibility index (Phi) is 3.64. The van der Waals surface area contributed by atoms with Crippen molar-refractivity contribution in [1.82, 2.24) is 0 Å². The third-order valence-electron chi connectivity index (χ3n) is 2.42. The number of hydrogen-bond acceptors (Lipinski definition) is 1. The fourth-order valence-electron chi connectivity index (χ4n) is 1.54. The molecule has 0 heterocycles. The number of ether oxygens (including phenoxy) is 1. The van der Waals surface area contributed by atoms with Crippen LogP contribution in [-0.2, 0) is 6.61 Å². The monoisotopic (exact) mass is 250 g/mol. The highest BCUT2D eigenvalue weighted by molar-refractivity contribution is 6.30. The van der Waals surface area contributed by atoms with Gasteiger partial charge in [-0.05, 0) is 24.1 Å². The van der Waals surface area contributed by atoms with Crippen molar-refractivity contribution in [3.63, 3.8) is 0 Å². The molecule has 0 amide bonds. The van der Waals surface area contributed by atoms with Gasteiger partial charge in [0.05, 0.1) is 0 Å². The van der Waals surface area contributed by atoms with E-state index in [1.165, 1.54) is 6.07 Å². The Morgan fingerprint density at radius 3 is 2.59 bits per heavy atom. The van der Waals surface area contributed by atoms with Crippen LogP contribution >= 0.6 is 11.6 Å². The summed E-state index contributed by atoms with van der Waals surface area (Å²) in [6.07, 6.45) is 0. The molecule has 0 spiro atoms. The smallest absolute Gasteiger partial charge is 0.168 e. The Morgan fingerprint density at radius 1 is 1.18 bits per heavy atom. The molecule has 0 saturated heterocycles. The second kappa shape index (κ2) is 5.19. The first-order valence-electron chi connectivity index (χ1n) is 5.29. The highest BCUT2D eigenvalue weighted by Gasteiger charge is 2.08. The lowest BCUT2D eigenvalue weighted by molar-refractivity contribution is 0.289. The summed E-state index contributed by atoms with van der Waals surface area (Å²) in [6, 6.07) is 12.7. The molecule has 0 saturated carbocycles. The topological polar surface area (TPSA) is 9.23 Å². The maximum Gasteiger partial charge on any atom is 0.168 e. The van der Waals surface area contributed by atoms with E-state index in [2.05, 4.69) is 0 Å². The van der Waals surface area contributed by atoms with Crippen LogP contribution in [0.1, 0.15) is 11.1 Å². The van der Waals surface area contributed by atoms with E-state index >= 15 is 0 Å². The summed E-state index contributed by atoms with van der Waals surface area (Å²) in [6.45, 7) is 1.99. The van der Waals surface area contributed by atoms with Crippen LogP contribution in [0.5, 0.6) is 5.75 Å². The molecule has 0 atom stereocenters. The number of hydrogen-bond donors (Lipinski definition) is 0. The molecule has 0 aliphatic rings. The second-order valence-corrected chi connectivity index (χ2v) is 4.25. The van der Waals surface area contributed by atoms with Gasteiger partial charge in [-0.25, -0.2) is 4.39 Å². The minimum Gasteiger partial charge on any atom is -0.486 e. The van der Waals surface area contributed by atoms with E-state index < -0.39 is 0 Å². The van der Waals surface area contributed by atoms with Gasteiger partial charge in [0.1, 0.15) is 6.61 Å². The van der Waals surface area contributed by atoms with Gasteiger partial charge in [0.15, 0.2) is 11.6 Å². The molecular formula is C14H12ClFO. The molecule has 0 aliphatic carbocycles. The molecule has 0 unspecified atom stereocenters. The van der Waals surface area contributed by atoms with Crippen LogP contribution < -0.4 is 4.74 Å². The molecule has 0 bridgehead atoms. The molecule has 2 aromatic rings. The van der Waals surface area contributed by atoms with Gasteiger partial charge in [0, 0.05) is 11.1 Å². The summed E-state index contributed by atoms with van der Waals surface area (Å²) < 4.78 is 19.1. The van der Waals surface area contributed by atoms with Crippen LogP contribution in [0.4, 0.5) is 4.39 Å². The quantitative estimate of drug-likeness (QED) is 0.786. The molecule has 88 valence electrons. The van der Waals surface area contributed by atoms with Crippen molar-refractivity contribution in [2.24, 2.45) is 0 Å². The van der Waals surface area contributed by atoms with Gasteiger partial charge in [-0.3, -0.25) is 0 Å². The minimum atomic E-state index is -0.356. The zero-order valence-corrected chi connectivity index (χ0v) is 10.2. The standard InChI is InChI=1S/C14H12ClFO/c1-10-7-12(15)8-13(14(10)16)17-9-11-5-3-2-4-6-11/h2-8H,9H2,1H3. The molecule has 1 nitrogen and oxygen atoms in total. The average Bonchev–Trinajstić information content (AvgIpc) is 2.33. The summed E-state index contributed by atoms with van der Waals surface area (Å²) in [5, 5.41) is 0.479. The third kappa shape index (κ3) is 2.98. The largest absolute Gasteiger partial charge is 0.486 e. The highest BCUT2D eigenvalue weighted by Crippen LogP contribution is 2.26. The van der Waals surface area contributed by atoms with Crippen LogP contribution in [0.3, 0.4) is 0 Å². The molecule has 0 N–H and O–H groups in total. The van der Waals surface area contributed by atoms with Crippen molar-refractivity contribution in [3.05, 3.63) is 64.4 Å². The fourth-order valence-corrected chi connectivity index (χ4v) is 1.80. The maximum atomic E-state index is 13.7. The van der Waals surface area contributed by atoms with E-state index in [1.54, 1.807) is 13.0 Å². The SMILES string of the molecule is Cc1cc(Cl)cc(OCc2ccccc2)c1F. The van der Waals surface area contributed by atoms with Crippen molar-refractivity contribution in [2.45, 2.75) is 13.5 Å². The first-order valence-corrected chi connectivity index (χ1v) is 5.67. The van der Waals surface area contributed by atoms with E-state index in [-0.39, 0.29) is 11.6 Å². The van der Waals surface area contributed by atoms with Gasteiger partial charge in [0.2, 0.25) is 0 Å². The number of halogens is 2. The van der Waals surface area contributed by atoms with Gasteiger partial charge in [-0.1, -0.05) is 41.9 Å². The zero-order chi connectivity index (χ0) is 12.3. The molecule has 0 radical (unpaired) electrons. The minimum absolute atomic E-state index is 0.193. The molecular weight excluding hydrogens is 239 g/mol. The summed E-state index contributed by atoms with van der Waals surface area (Å²) >= 11 is 5.86. The van der Waals surface area contributed by atoms with Gasteiger partial charge >= 0.3 is 0 Å². The summed E-state index contributed by atoms with van der Waals surface area (Å²) in [4.78, 5) is 0. The van der Waals surface area contributed by atoms with Crippen LogP contribution in [0.15, 0.2) is 42.5 Å². The molecule has 2 rings (SSSR count). The predicted octanol–water partition coefficient (Wildman–Crippen LogP) is 4.37. The van der Waals surface area contributed by atoms with E-state index in [0.29, 0.717) is 17.2 Å². The van der Waals surface area contributed by atoms with Gasteiger partial charge in [-0.15, -0.1) is 0 Å². The lowest BCUT2D eigenvalue weighted by Crippen LogP contribution is -1.98. The Labute approximate surface area is 105 Å². The van der Waals surface area contributed by atoms with Crippen molar-refractivity contribution >= 4 is 11.6 Å². The molecule has 0 aromatic heterocycles. The van der Waals surface area contributed by atoms with Gasteiger partial charge in [0.25, 0.3) is 0 Å². The summed E-state index contributed by atoms with van der Waals surface area (Å²) in [5.74, 6) is -0.163. The second-order valence-electron chi connectivity index (χ2n) is 3.81. The summed E-state index contributed by atoms with van der Waals surface area (Å²) in [5.41, 5.74) is 1.48. The summed E-state index contributed by atoms with van der Waals surface area (Å²) in [7, 11) is 0. The van der Waals surface area contributed by atoms with E-state index in [1.807, 2.05) is 30.3 Å². The van der Waals surface area contributed by atoms with Crippen LogP contribution in [0.2, 0.25) is 5.02 Å². The molecule has 17 heavy (non-hydrogen) atoms. The predicted molar refractivity (Wildman–Crippen MR) is 66.9 cm³/mol. The van der Waals surface area contributed by atoms with E-state index in [0.717, 1.165) is 5.56 Å². The Bertz CT molecular complexity index is 511. The Morgan fingerprint density at radius 2 is 1.88 bits per heavy atom. The van der Waals surface area contributed by atoms with Gasteiger partial charge < -0.3 is 4.74 Å². The number of rotatable bonds is 3. The third-order valence-corrected chi connectivity index (χ3v) is 2.64. The first-order chi connectivity index (χ1) is 8.16. The molecule has 0 fully saturated rings. The van der Waals surface area contributed by atoms with Crippen LogP contribution in [-0.4, -0.2) is 0 Å². The van der Waals surface area contributed by atoms with Crippen molar-refractivity contribution in [3.8, 4) is 5.75 Å². The average molecular weight is 251 g/mol. The zero-order valence-electron chi connectivity index (χ0n) is 9.41. The highest BCUT2D eigenvalue weighted by atomic mass is 35.5. The Balaban J connectivity index is 2.14. The van der Waals surface area contributed by atoms with E-state index in [4.69, 9.17) is 16.3 Å². The lowest BCUT2D eigenvalue weighted by atomic mass is 10.2. The molecule has 3 heteroatoms. The Hall–Kier alpha value is -1.54. The molecule has 0 aliphatic heterocycles.